The number of hydrogen-bond acceptors (Lipinski definition) is 7. The quantitative estimate of drug-likeness (QED) is 0.685. The molecule has 7 nitrogen and oxygen atoms in total. The van der Waals surface area contributed by atoms with Crippen molar-refractivity contribution in [3.8, 4) is 17.6 Å². The molecule has 1 N–H and O–H groups in total. The van der Waals surface area contributed by atoms with Crippen molar-refractivity contribution < 1.29 is 14.3 Å². The molecule has 2 heterocycles. The van der Waals surface area contributed by atoms with E-state index in [0.29, 0.717) is 19.1 Å². The number of amides is 1. The summed E-state index contributed by atoms with van der Waals surface area (Å²) in [5.41, 5.74) is 1.97. The third-order valence-corrected chi connectivity index (χ3v) is 6.07. The van der Waals surface area contributed by atoms with Crippen LogP contribution in [-0.4, -0.2) is 61.0 Å². The molecule has 2 aliphatic heterocycles. The smallest absolute Gasteiger partial charge is 0.238 e. The fraction of sp³-hybridized carbons (Fsp3) is 0.364. The summed E-state index contributed by atoms with van der Waals surface area (Å²) in [7, 11) is 0. The summed E-state index contributed by atoms with van der Waals surface area (Å²) < 4.78 is 10.8. The summed E-state index contributed by atoms with van der Waals surface area (Å²) in [5.74, 6) is 1.96. The number of piperazine rings is 1. The van der Waals surface area contributed by atoms with Gasteiger partial charge in [-0.3, -0.25) is 14.6 Å². The number of carbonyl (C=O) groups excluding carboxylic acids is 1. The van der Waals surface area contributed by atoms with Crippen LogP contribution in [0.15, 0.2) is 47.4 Å². The number of anilines is 1. The predicted molar refractivity (Wildman–Crippen MR) is 116 cm³/mol. The molecule has 2 aromatic carbocycles. The minimum absolute atomic E-state index is 0.0239. The van der Waals surface area contributed by atoms with Crippen molar-refractivity contribution in [3.05, 3.63) is 48.0 Å². The van der Waals surface area contributed by atoms with E-state index in [1.54, 1.807) is 0 Å². The van der Waals surface area contributed by atoms with Gasteiger partial charge in [-0.05, 0) is 29.8 Å². The lowest BCUT2D eigenvalue weighted by atomic mass is 10.1. The number of para-hydroxylation sites is 1. The zero-order chi connectivity index (χ0) is 20.8. The largest absolute Gasteiger partial charge is 0.454 e. The monoisotopic (exact) mass is 424 g/mol. The number of ether oxygens (including phenoxy) is 2. The molecule has 8 heteroatoms. The minimum atomic E-state index is -0.0239. The van der Waals surface area contributed by atoms with Gasteiger partial charge in [0.1, 0.15) is 0 Å². The standard InChI is InChI=1S/C22H24N4O3S/c23-7-12-30-21-4-2-1-3-18(21)24-22(27)15-26-10-8-25(9-11-26)14-17-5-6-19-20(13-17)29-16-28-19/h1-6,13H,8-12,14-16H2,(H,24,27). The van der Waals surface area contributed by atoms with Gasteiger partial charge in [0.15, 0.2) is 11.5 Å². The van der Waals surface area contributed by atoms with E-state index in [-0.39, 0.29) is 5.91 Å². The second-order valence-electron chi connectivity index (χ2n) is 7.23. The Hall–Kier alpha value is -2.73. The SMILES string of the molecule is N#CCSc1ccccc1NC(=O)CN1CCN(Cc2ccc3c(c2)OCO3)CC1. The number of hydrogen-bond donors (Lipinski definition) is 1. The molecule has 0 saturated carbocycles. The van der Waals surface area contributed by atoms with Crippen LogP contribution in [0.2, 0.25) is 0 Å². The van der Waals surface area contributed by atoms with Gasteiger partial charge in [-0.1, -0.05) is 18.2 Å². The molecule has 4 rings (SSSR count). The van der Waals surface area contributed by atoms with Gasteiger partial charge in [0, 0.05) is 37.6 Å². The summed E-state index contributed by atoms with van der Waals surface area (Å²) in [6, 6.07) is 15.8. The first-order valence-corrected chi connectivity index (χ1v) is 10.9. The van der Waals surface area contributed by atoms with Crippen LogP contribution < -0.4 is 14.8 Å². The Kier molecular flexibility index (Phi) is 6.74. The third-order valence-electron chi connectivity index (χ3n) is 5.13. The van der Waals surface area contributed by atoms with Crippen molar-refractivity contribution in [1.29, 1.82) is 5.26 Å². The molecule has 2 aromatic rings. The molecule has 156 valence electrons. The minimum Gasteiger partial charge on any atom is -0.454 e. The highest BCUT2D eigenvalue weighted by Gasteiger charge is 2.20. The lowest BCUT2D eigenvalue weighted by Gasteiger charge is -2.34. The first kappa shape index (κ1) is 20.5. The fourth-order valence-electron chi connectivity index (χ4n) is 3.60. The number of benzene rings is 2. The molecular formula is C22H24N4O3S. The normalized spacial score (nSPS) is 16.2. The van der Waals surface area contributed by atoms with Crippen LogP contribution in [0.3, 0.4) is 0 Å². The Morgan fingerprint density at radius 2 is 1.83 bits per heavy atom. The van der Waals surface area contributed by atoms with Gasteiger partial charge in [-0.2, -0.15) is 5.26 Å². The summed E-state index contributed by atoms with van der Waals surface area (Å²) in [4.78, 5) is 18.0. The molecule has 0 aromatic heterocycles. The van der Waals surface area contributed by atoms with Crippen molar-refractivity contribution in [1.82, 2.24) is 9.80 Å². The number of rotatable bonds is 7. The lowest BCUT2D eigenvalue weighted by molar-refractivity contribution is -0.117. The predicted octanol–water partition coefficient (Wildman–Crippen LogP) is 2.79. The molecular weight excluding hydrogens is 400 g/mol. The Balaban J connectivity index is 1.24. The van der Waals surface area contributed by atoms with Gasteiger partial charge < -0.3 is 14.8 Å². The highest BCUT2D eigenvalue weighted by molar-refractivity contribution is 7.99. The summed E-state index contributed by atoms with van der Waals surface area (Å²) in [6.07, 6.45) is 0. The van der Waals surface area contributed by atoms with E-state index < -0.39 is 0 Å². The molecule has 0 aliphatic carbocycles. The molecule has 0 bridgehead atoms. The highest BCUT2D eigenvalue weighted by atomic mass is 32.2. The van der Waals surface area contributed by atoms with Crippen molar-refractivity contribution in [2.75, 3.05) is 50.6 Å². The van der Waals surface area contributed by atoms with Gasteiger partial charge in [-0.15, -0.1) is 11.8 Å². The number of carbonyl (C=O) groups is 1. The first-order chi connectivity index (χ1) is 14.7. The Morgan fingerprint density at radius 1 is 1.07 bits per heavy atom. The molecule has 1 amide bonds. The number of nitriles is 1. The molecule has 30 heavy (non-hydrogen) atoms. The van der Waals surface area contributed by atoms with Crippen molar-refractivity contribution in [2.24, 2.45) is 0 Å². The van der Waals surface area contributed by atoms with E-state index in [1.165, 1.54) is 17.3 Å². The molecule has 2 aliphatic rings. The van der Waals surface area contributed by atoms with Crippen molar-refractivity contribution in [2.45, 2.75) is 11.4 Å². The Morgan fingerprint density at radius 3 is 2.67 bits per heavy atom. The summed E-state index contributed by atoms with van der Waals surface area (Å²) >= 11 is 1.43. The van der Waals surface area contributed by atoms with E-state index in [1.807, 2.05) is 36.4 Å². The number of nitrogens with zero attached hydrogens (tertiary/aromatic N) is 3. The van der Waals surface area contributed by atoms with E-state index in [0.717, 1.165) is 54.8 Å². The van der Waals surface area contributed by atoms with Crippen LogP contribution in [0.5, 0.6) is 11.5 Å². The highest BCUT2D eigenvalue weighted by Crippen LogP contribution is 2.33. The summed E-state index contributed by atoms with van der Waals surface area (Å²) in [6.45, 7) is 5.05. The van der Waals surface area contributed by atoms with Gasteiger partial charge in [-0.25, -0.2) is 0 Å². The van der Waals surface area contributed by atoms with Crippen LogP contribution in [0, 0.1) is 11.3 Å². The van der Waals surface area contributed by atoms with Gasteiger partial charge >= 0.3 is 0 Å². The maximum absolute atomic E-state index is 12.5. The van der Waals surface area contributed by atoms with E-state index in [9.17, 15) is 4.79 Å². The van der Waals surface area contributed by atoms with Crippen LogP contribution in [-0.2, 0) is 11.3 Å². The fourth-order valence-corrected chi connectivity index (χ4v) is 4.27. The van der Waals surface area contributed by atoms with Crippen LogP contribution in [0.1, 0.15) is 5.56 Å². The molecule has 0 unspecified atom stereocenters. The average molecular weight is 425 g/mol. The van der Waals surface area contributed by atoms with E-state index in [4.69, 9.17) is 14.7 Å². The number of thioether (sulfide) groups is 1. The maximum Gasteiger partial charge on any atom is 0.238 e. The molecule has 0 radical (unpaired) electrons. The lowest BCUT2D eigenvalue weighted by Crippen LogP contribution is -2.48. The zero-order valence-corrected chi connectivity index (χ0v) is 17.5. The van der Waals surface area contributed by atoms with Crippen molar-refractivity contribution >= 4 is 23.4 Å². The second kappa shape index (κ2) is 9.85. The van der Waals surface area contributed by atoms with Crippen molar-refractivity contribution in [3.63, 3.8) is 0 Å². The number of nitrogens with one attached hydrogen (secondary N) is 1. The van der Waals surface area contributed by atoms with E-state index >= 15 is 0 Å². The van der Waals surface area contributed by atoms with Crippen LogP contribution >= 0.6 is 11.8 Å². The van der Waals surface area contributed by atoms with Crippen LogP contribution in [0.4, 0.5) is 5.69 Å². The Labute approximate surface area is 180 Å². The van der Waals surface area contributed by atoms with Crippen LogP contribution in [0.25, 0.3) is 0 Å². The average Bonchev–Trinajstić information content (AvgIpc) is 3.22. The Bertz CT molecular complexity index is 938. The molecule has 1 saturated heterocycles. The zero-order valence-electron chi connectivity index (χ0n) is 16.7. The second-order valence-corrected chi connectivity index (χ2v) is 8.25. The molecule has 0 spiro atoms. The molecule has 1 fully saturated rings. The maximum atomic E-state index is 12.5. The van der Waals surface area contributed by atoms with E-state index in [2.05, 4.69) is 27.3 Å². The van der Waals surface area contributed by atoms with Gasteiger partial charge in [0.05, 0.1) is 24.1 Å². The topological polar surface area (TPSA) is 77.8 Å². The number of fused-ring (bicyclic) bond motifs is 1. The van der Waals surface area contributed by atoms with Gasteiger partial charge in [0.2, 0.25) is 12.7 Å². The summed E-state index contributed by atoms with van der Waals surface area (Å²) in [5, 5.41) is 11.8. The first-order valence-electron chi connectivity index (χ1n) is 9.93. The van der Waals surface area contributed by atoms with Gasteiger partial charge in [0.25, 0.3) is 0 Å². The third kappa shape index (κ3) is 5.25. The molecule has 0 atom stereocenters.